The second-order valence-electron chi connectivity index (χ2n) is 10.1. The van der Waals surface area contributed by atoms with Gasteiger partial charge in [-0.15, -0.1) is 10.2 Å². The van der Waals surface area contributed by atoms with Crippen molar-refractivity contribution in [3.05, 3.63) is 54.0 Å². The molecule has 4 heterocycles. The first-order valence-electron chi connectivity index (χ1n) is 11.7. The number of likely N-dealkylation sites (tertiary alicyclic amines) is 1. The molecule has 0 spiro atoms. The number of aromatic nitrogens is 4. The first kappa shape index (κ1) is 21.6. The van der Waals surface area contributed by atoms with Gasteiger partial charge in [-0.3, -0.25) is 9.59 Å². The lowest BCUT2D eigenvalue weighted by molar-refractivity contribution is -0.136. The topological polar surface area (TPSA) is 83.7 Å². The normalized spacial score (nSPS) is 20.1. The Morgan fingerprint density at radius 2 is 1.73 bits per heavy atom. The third kappa shape index (κ3) is 4.10. The Morgan fingerprint density at radius 1 is 1.00 bits per heavy atom. The zero-order valence-electron chi connectivity index (χ0n) is 19.4. The van der Waals surface area contributed by atoms with Crippen LogP contribution in [0.25, 0.3) is 5.65 Å². The van der Waals surface area contributed by atoms with E-state index in [1.807, 2.05) is 51.9 Å². The van der Waals surface area contributed by atoms with E-state index in [4.69, 9.17) is 5.10 Å². The van der Waals surface area contributed by atoms with Gasteiger partial charge in [-0.2, -0.15) is 9.61 Å². The Hall–Kier alpha value is -3.29. The van der Waals surface area contributed by atoms with Gasteiger partial charge in [0.05, 0.1) is 11.6 Å². The van der Waals surface area contributed by atoms with Crippen LogP contribution in [0.4, 0.5) is 5.69 Å². The van der Waals surface area contributed by atoms with E-state index >= 15 is 0 Å². The average molecular weight is 447 g/mol. The maximum absolute atomic E-state index is 13.2. The van der Waals surface area contributed by atoms with Crippen molar-refractivity contribution in [1.29, 1.82) is 0 Å². The van der Waals surface area contributed by atoms with Crippen molar-refractivity contribution in [3.8, 4) is 0 Å². The van der Waals surface area contributed by atoms with Gasteiger partial charge in [0.2, 0.25) is 11.8 Å². The first-order valence-corrected chi connectivity index (χ1v) is 11.7. The van der Waals surface area contributed by atoms with Gasteiger partial charge in [0.15, 0.2) is 11.5 Å². The van der Waals surface area contributed by atoms with Crippen LogP contribution in [-0.2, 0) is 15.0 Å². The van der Waals surface area contributed by atoms with Crippen LogP contribution in [0, 0.1) is 5.92 Å². The van der Waals surface area contributed by atoms with Crippen molar-refractivity contribution < 1.29 is 9.59 Å². The van der Waals surface area contributed by atoms with Crippen LogP contribution in [-0.4, -0.2) is 56.2 Å². The number of anilines is 1. The van der Waals surface area contributed by atoms with Crippen LogP contribution in [0.1, 0.15) is 57.5 Å². The third-order valence-corrected chi connectivity index (χ3v) is 6.77. The maximum atomic E-state index is 13.2. The second-order valence-corrected chi connectivity index (χ2v) is 10.1. The molecular formula is C25H30N6O2. The van der Waals surface area contributed by atoms with Crippen molar-refractivity contribution in [1.82, 2.24) is 24.7 Å². The zero-order chi connectivity index (χ0) is 23.2. The van der Waals surface area contributed by atoms with Gasteiger partial charge < -0.3 is 9.80 Å². The Labute approximate surface area is 193 Å². The molecule has 3 aromatic rings. The Kier molecular flexibility index (Phi) is 5.38. The molecule has 2 saturated heterocycles. The molecule has 0 saturated carbocycles. The lowest BCUT2D eigenvalue weighted by Gasteiger charge is -2.32. The summed E-state index contributed by atoms with van der Waals surface area (Å²) in [4.78, 5) is 29.4. The molecule has 0 N–H and O–H groups in total. The molecule has 172 valence electrons. The molecule has 2 aliphatic rings. The molecule has 33 heavy (non-hydrogen) atoms. The number of para-hydroxylation sites is 1. The quantitative estimate of drug-likeness (QED) is 0.617. The summed E-state index contributed by atoms with van der Waals surface area (Å²) < 4.78 is 1.87. The van der Waals surface area contributed by atoms with Gasteiger partial charge in [0, 0.05) is 43.1 Å². The van der Waals surface area contributed by atoms with E-state index < -0.39 is 0 Å². The molecule has 0 aliphatic carbocycles. The molecule has 5 rings (SSSR count). The minimum Gasteiger partial charge on any atom is -0.342 e. The predicted molar refractivity (Wildman–Crippen MR) is 125 cm³/mol. The smallest absolute Gasteiger partial charge is 0.228 e. The number of carbonyl (C=O) groups is 2. The van der Waals surface area contributed by atoms with E-state index in [9.17, 15) is 9.59 Å². The highest BCUT2D eigenvalue weighted by atomic mass is 16.2. The Balaban J connectivity index is 1.25. The molecule has 8 nitrogen and oxygen atoms in total. The number of benzene rings is 1. The Bertz CT molecular complexity index is 1170. The minimum absolute atomic E-state index is 0.0186. The summed E-state index contributed by atoms with van der Waals surface area (Å²) in [6.07, 6.45) is 1.91. The first-order chi connectivity index (χ1) is 15.8. The van der Waals surface area contributed by atoms with Gasteiger partial charge in [-0.25, -0.2) is 0 Å². The summed E-state index contributed by atoms with van der Waals surface area (Å²) in [5.41, 5.74) is 2.55. The SMILES string of the molecule is CC(C)(C)c1ccc2nnc(C3CCN(C(=O)C4CC(=O)N(c5ccccc5)C4)CC3)n2n1. The van der Waals surface area contributed by atoms with Crippen molar-refractivity contribution in [3.63, 3.8) is 0 Å². The summed E-state index contributed by atoms with van der Waals surface area (Å²) in [7, 11) is 0. The standard InChI is InChI=1S/C25H30N6O2/c1-25(2,3)20-9-10-21-26-27-23(31(21)28-20)17-11-13-29(14-12-17)24(33)18-15-22(32)30(16-18)19-7-5-4-6-8-19/h4-10,17-18H,11-16H2,1-3H3. The molecule has 1 aromatic carbocycles. The largest absolute Gasteiger partial charge is 0.342 e. The van der Waals surface area contributed by atoms with Crippen LogP contribution in [0.2, 0.25) is 0 Å². The summed E-state index contributed by atoms with van der Waals surface area (Å²) in [5, 5.41) is 13.6. The predicted octanol–water partition coefficient (Wildman–Crippen LogP) is 3.18. The Morgan fingerprint density at radius 3 is 2.42 bits per heavy atom. The average Bonchev–Trinajstić information content (AvgIpc) is 3.42. The fourth-order valence-corrected chi connectivity index (χ4v) is 4.81. The number of amides is 2. The lowest BCUT2D eigenvalue weighted by atomic mass is 9.92. The number of nitrogens with zero attached hydrogens (tertiary/aromatic N) is 6. The number of fused-ring (bicyclic) bond motifs is 1. The van der Waals surface area contributed by atoms with E-state index in [1.165, 1.54) is 0 Å². The van der Waals surface area contributed by atoms with E-state index in [0.29, 0.717) is 19.6 Å². The fourth-order valence-electron chi connectivity index (χ4n) is 4.81. The van der Waals surface area contributed by atoms with E-state index in [2.05, 4.69) is 31.0 Å². The van der Waals surface area contributed by atoms with Gasteiger partial charge in [-0.05, 0) is 37.1 Å². The highest BCUT2D eigenvalue weighted by Gasteiger charge is 2.38. The molecule has 1 atom stereocenters. The summed E-state index contributed by atoms with van der Waals surface area (Å²) in [5.74, 6) is 0.899. The van der Waals surface area contributed by atoms with Crippen LogP contribution in [0.15, 0.2) is 42.5 Å². The molecule has 0 radical (unpaired) electrons. The number of rotatable bonds is 3. The van der Waals surface area contributed by atoms with Gasteiger partial charge in [0.25, 0.3) is 0 Å². The van der Waals surface area contributed by atoms with Crippen LogP contribution < -0.4 is 4.90 Å². The van der Waals surface area contributed by atoms with Crippen molar-refractivity contribution >= 4 is 23.1 Å². The molecule has 2 aliphatic heterocycles. The van der Waals surface area contributed by atoms with Crippen LogP contribution in [0.3, 0.4) is 0 Å². The van der Waals surface area contributed by atoms with Crippen molar-refractivity contribution in [2.45, 2.75) is 51.4 Å². The number of piperidine rings is 1. The second kappa shape index (κ2) is 8.24. The number of hydrogen-bond donors (Lipinski definition) is 0. The highest BCUT2D eigenvalue weighted by Crippen LogP contribution is 2.31. The van der Waals surface area contributed by atoms with Crippen molar-refractivity contribution in [2.75, 3.05) is 24.5 Å². The van der Waals surface area contributed by atoms with Gasteiger partial charge in [-0.1, -0.05) is 39.0 Å². The van der Waals surface area contributed by atoms with Crippen molar-refractivity contribution in [2.24, 2.45) is 5.92 Å². The number of hydrogen-bond acceptors (Lipinski definition) is 5. The van der Waals surface area contributed by atoms with Gasteiger partial charge >= 0.3 is 0 Å². The minimum atomic E-state index is -0.279. The molecule has 2 aromatic heterocycles. The molecular weight excluding hydrogens is 416 g/mol. The third-order valence-electron chi connectivity index (χ3n) is 6.77. The molecule has 0 bridgehead atoms. The molecule has 1 unspecified atom stereocenters. The number of carbonyl (C=O) groups excluding carboxylic acids is 2. The van der Waals surface area contributed by atoms with E-state index in [1.54, 1.807) is 4.90 Å². The van der Waals surface area contributed by atoms with E-state index in [-0.39, 0.29) is 35.5 Å². The summed E-state index contributed by atoms with van der Waals surface area (Å²) >= 11 is 0. The zero-order valence-corrected chi connectivity index (χ0v) is 19.4. The lowest BCUT2D eigenvalue weighted by Crippen LogP contribution is -2.42. The van der Waals surface area contributed by atoms with E-state index in [0.717, 1.165) is 35.7 Å². The van der Waals surface area contributed by atoms with Crippen LogP contribution >= 0.6 is 0 Å². The van der Waals surface area contributed by atoms with Crippen LogP contribution in [0.5, 0.6) is 0 Å². The van der Waals surface area contributed by atoms with Gasteiger partial charge in [0.1, 0.15) is 0 Å². The molecule has 8 heteroatoms. The fraction of sp³-hybridized carbons (Fsp3) is 0.480. The monoisotopic (exact) mass is 446 g/mol. The highest BCUT2D eigenvalue weighted by molar-refractivity contribution is 6.00. The molecule has 2 amide bonds. The molecule has 2 fully saturated rings. The summed E-state index contributed by atoms with van der Waals surface area (Å²) in [6.45, 7) is 8.20. The maximum Gasteiger partial charge on any atom is 0.228 e. The summed E-state index contributed by atoms with van der Waals surface area (Å²) in [6, 6.07) is 13.6.